The van der Waals surface area contributed by atoms with Crippen molar-refractivity contribution in [1.29, 1.82) is 0 Å². The van der Waals surface area contributed by atoms with Crippen LogP contribution in [0, 0.1) is 0 Å². The highest BCUT2D eigenvalue weighted by atomic mass is 35.5. The average molecular weight is 588 g/mol. The van der Waals surface area contributed by atoms with E-state index in [2.05, 4.69) is 36.6 Å². The van der Waals surface area contributed by atoms with Gasteiger partial charge in [-0.05, 0) is 66.1 Å². The number of rotatable bonds is 8. The number of tetrazole rings is 1. The lowest BCUT2D eigenvalue weighted by molar-refractivity contribution is -0.911. The van der Waals surface area contributed by atoms with E-state index in [0.717, 1.165) is 58.0 Å². The largest absolute Gasteiger partial charge is 0.453 e. The molecule has 42 heavy (non-hydrogen) atoms. The Morgan fingerprint density at radius 1 is 1.19 bits per heavy atom. The number of methoxy groups -OCH3 is 2. The molecule has 1 aliphatic carbocycles. The number of aromatic nitrogens is 7. The number of halogens is 1. The molecule has 3 heterocycles. The molecular formula is C29H28ClN8O4+. The lowest BCUT2D eigenvalue weighted by Gasteiger charge is -2.24. The van der Waals surface area contributed by atoms with Gasteiger partial charge in [-0.15, -0.1) is 5.10 Å². The summed E-state index contributed by atoms with van der Waals surface area (Å²) >= 11 is 6.38. The van der Waals surface area contributed by atoms with Crippen LogP contribution < -0.4 is 10.0 Å². The number of pyridine rings is 1. The summed E-state index contributed by atoms with van der Waals surface area (Å²) in [6, 6.07) is 14.8. The number of anilines is 1. The van der Waals surface area contributed by atoms with E-state index >= 15 is 0 Å². The maximum atomic E-state index is 11.5. The number of fused-ring (bicyclic) bond motifs is 1. The Kier molecular flexibility index (Phi) is 7.31. The first-order chi connectivity index (χ1) is 20.4. The van der Waals surface area contributed by atoms with Crippen LogP contribution in [0.15, 0.2) is 67.3 Å². The van der Waals surface area contributed by atoms with Gasteiger partial charge in [0.2, 0.25) is 6.20 Å². The third kappa shape index (κ3) is 4.95. The molecule has 0 saturated carbocycles. The van der Waals surface area contributed by atoms with Gasteiger partial charge in [-0.25, -0.2) is 9.78 Å². The Labute approximate surface area is 245 Å². The van der Waals surface area contributed by atoms with Crippen LogP contribution in [0.3, 0.4) is 0 Å². The van der Waals surface area contributed by atoms with Crippen molar-refractivity contribution in [2.24, 2.45) is 0 Å². The number of carbonyl (C=O) groups is 1. The lowest BCUT2D eigenvalue weighted by atomic mass is 9.80. The summed E-state index contributed by atoms with van der Waals surface area (Å²) in [5.74, 6) is 0.734. The van der Waals surface area contributed by atoms with Crippen LogP contribution in [0.25, 0.3) is 28.1 Å². The molecule has 0 saturated heterocycles. The number of amides is 1. The molecule has 1 atom stereocenters. The van der Waals surface area contributed by atoms with Crippen LogP contribution >= 0.6 is 11.6 Å². The molecule has 3 aromatic heterocycles. The fraction of sp³-hybridized carbons (Fsp3) is 0.241. The molecule has 0 fully saturated rings. The second-order valence-corrected chi connectivity index (χ2v) is 10.5. The quantitative estimate of drug-likeness (QED) is 0.180. The molecule has 0 bridgehead atoms. The zero-order valence-corrected chi connectivity index (χ0v) is 23.7. The van der Waals surface area contributed by atoms with E-state index < -0.39 is 11.5 Å². The highest BCUT2D eigenvalue weighted by Gasteiger charge is 2.51. The summed E-state index contributed by atoms with van der Waals surface area (Å²) in [4.78, 5) is 19.9. The highest BCUT2D eigenvalue weighted by Crippen LogP contribution is 2.45. The first-order valence-corrected chi connectivity index (χ1v) is 13.6. The van der Waals surface area contributed by atoms with Gasteiger partial charge >= 0.3 is 6.09 Å². The van der Waals surface area contributed by atoms with E-state index in [4.69, 9.17) is 21.3 Å². The van der Waals surface area contributed by atoms with Crippen LogP contribution in [0.4, 0.5) is 10.5 Å². The molecule has 13 heteroatoms. The van der Waals surface area contributed by atoms with Crippen LogP contribution in [0.5, 0.6) is 0 Å². The van der Waals surface area contributed by atoms with Crippen molar-refractivity contribution >= 4 is 23.4 Å². The first kappa shape index (κ1) is 27.4. The first-order valence-electron chi connectivity index (χ1n) is 13.2. The number of hydrogen-bond acceptors (Lipinski definition) is 8. The second kappa shape index (κ2) is 11.2. The summed E-state index contributed by atoms with van der Waals surface area (Å²) in [5.41, 5.74) is 5.64. The zero-order valence-electron chi connectivity index (χ0n) is 22.9. The zero-order chi connectivity index (χ0) is 29.3. The Morgan fingerprint density at radius 3 is 2.76 bits per heavy atom. The number of aryl methyl sites for hydroxylation is 1. The number of aromatic amines is 1. The number of H-pyrrole nitrogens is 1. The molecule has 1 amide bonds. The smallest absolute Gasteiger partial charge is 0.411 e. The van der Waals surface area contributed by atoms with Crippen LogP contribution in [0.2, 0.25) is 5.02 Å². The highest BCUT2D eigenvalue weighted by molar-refractivity contribution is 6.31. The summed E-state index contributed by atoms with van der Waals surface area (Å²) in [5, 5.41) is 26.3. The predicted octanol–water partition coefficient (Wildman–Crippen LogP) is 4.34. The number of imidazole rings is 1. The Morgan fingerprint density at radius 2 is 2.02 bits per heavy atom. The number of nitrogens with zero attached hydrogens (tertiary/aromatic N) is 6. The van der Waals surface area contributed by atoms with Crippen molar-refractivity contribution in [1.82, 2.24) is 30.2 Å². The van der Waals surface area contributed by atoms with Crippen molar-refractivity contribution in [2.75, 3.05) is 26.1 Å². The average Bonchev–Trinajstić information content (AvgIpc) is 3.77. The third-order valence-corrected chi connectivity index (χ3v) is 7.88. The predicted molar refractivity (Wildman–Crippen MR) is 153 cm³/mol. The Bertz CT molecular complexity index is 1740. The molecule has 1 unspecified atom stereocenters. The second-order valence-electron chi connectivity index (χ2n) is 10.0. The van der Waals surface area contributed by atoms with E-state index in [1.54, 1.807) is 36.2 Å². The third-order valence-electron chi connectivity index (χ3n) is 7.64. The Balaban J connectivity index is 1.39. The molecule has 6 rings (SSSR count). The number of carbonyl (C=O) groups excluding carboxylic acids is 1. The molecule has 214 valence electrons. The maximum Gasteiger partial charge on any atom is 0.411 e. The molecular weight excluding hydrogens is 560 g/mol. The van der Waals surface area contributed by atoms with Gasteiger partial charge in [-0.3, -0.25) is 10.5 Å². The lowest BCUT2D eigenvalue weighted by Crippen LogP contribution is -2.44. The summed E-state index contributed by atoms with van der Waals surface area (Å²) in [7, 11) is 2.98. The number of nitrogens with one attached hydrogen (secondary N) is 2. The van der Waals surface area contributed by atoms with E-state index in [0.29, 0.717) is 23.7 Å². The van der Waals surface area contributed by atoms with Crippen LogP contribution in [-0.4, -0.2) is 62.3 Å². The van der Waals surface area contributed by atoms with E-state index in [1.165, 1.54) is 18.2 Å². The van der Waals surface area contributed by atoms with E-state index in [1.807, 2.05) is 30.5 Å². The SMILES string of the molecule is COCCC1(c2nc(-c3ccc(NC(=O)OC)cc3)c[nH]2)CCc2cc(-c3cc(Cl)ccc3-n3cnnn3)c[n+](O)c21. The van der Waals surface area contributed by atoms with Crippen molar-refractivity contribution in [3.05, 3.63) is 89.4 Å². The minimum Gasteiger partial charge on any atom is -0.453 e. The van der Waals surface area contributed by atoms with Crippen molar-refractivity contribution < 1.29 is 24.2 Å². The van der Waals surface area contributed by atoms with Crippen molar-refractivity contribution in [3.8, 4) is 28.1 Å². The van der Waals surface area contributed by atoms with Gasteiger partial charge in [-0.1, -0.05) is 23.7 Å². The minimum absolute atomic E-state index is 0.475. The fourth-order valence-corrected chi connectivity index (χ4v) is 5.83. The molecule has 1 aliphatic rings. The molecule has 0 radical (unpaired) electrons. The normalized spacial score (nSPS) is 15.9. The number of ether oxygens (including phenoxy) is 2. The van der Waals surface area contributed by atoms with E-state index in [-0.39, 0.29) is 0 Å². The van der Waals surface area contributed by atoms with Crippen molar-refractivity contribution in [3.63, 3.8) is 0 Å². The number of benzene rings is 2. The van der Waals surface area contributed by atoms with Gasteiger partial charge in [0.25, 0.3) is 5.69 Å². The monoisotopic (exact) mass is 587 g/mol. The van der Waals surface area contributed by atoms with Gasteiger partial charge < -0.3 is 14.5 Å². The molecule has 12 nitrogen and oxygen atoms in total. The van der Waals surface area contributed by atoms with Gasteiger partial charge in [0.15, 0.2) is 0 Å². The van der Waals surface area contributed by atoms with E-state index in [9.17, 15) is 10.0 Å². The Hall–Kier alpha value is -4.81. The maximum absolute atomic E-state index is 11.5. The topological polar surface area (TPSA) is 144 Å². The summed E-state index contributed by atoms with van der Waals surface area (Å²) < 4.78 is 12.9. The fourth-order valence-electron chi connectivity index (χ4n) is 5.66. The van der Waals surface area contributed by atoms with Crippen molar-refractivity contribution in [2.45, 2.75) is 24.7 Å². The van der Waals surface area contributed by atoms with Gasteiger partial charge in [0.1, 0.15) is 17.6 Å². The van der Waals surface area contributed by atoms with Gasteiger partial charge in [-0.2, -0.15) is 4.68 Å². The standard InChI is InChI=1S/C29H27ClN8O4/c1-41-12-11-29(27-31-15-24(34-27)18-3-6-22(7-4-18)33-28(39)42-2)10-9-19-13-20(16-38(40)26(19)29)23-14-21(30)5-8-25(23)37-17-32-35-36-37/h3-8,13-17H,9-12H2,1-2H3,(H2-,31,33,34,35,36,39,40)/p+1. The molecule has 2 aromatic carbocycles. The summed E-state index contributed by atoms with van der Waals surface area (Å²) in [6.07, 6.45) is 6.57. The minimum atomic E-state index is -0.615. The van der Waals surface area contributed by atoms with Crippen LogP contribution in [0.1, 0.15) is 29.9 Å². The molecule has 5 aromatic rings. The molecule has 0 spiro atoms. The van der Waals surface area contributed by atoms with Crippen LogP contribution in [-0.2, 0) is 21.3 Å². The van der Waals surface area contributed by atoms with Gasteiger partial charge in [0, 0.05) is 52.0 Å². The molecule has 0 aliphatic heterocycles. The molecule has 3 N–H and O–H groups in total. The number of hydrogen-bond donors (Lipinski definition) is 3. The summed E-state index contributed by atoms with van der Waals surface area (Å²) in [6.45, 7) is 0.475. The van der Waals surface area contributed by atoms with Gasteiger partial charge in [0.05, 0.1) is 24.1 Å².